The van der Waals surface area contributed by atoms with Crippen molar-refractivity contribution < 1.29 is 4.42 Å². The van der Waals surface area contributed by atoms with Gasteiger partial charge in [0.15, 0.2) is 0 Å². The first-order chi connectivity index (χ1) is 33.2. The minimum Gasteiger partial charge on any atom is -0.455 e. The van der Waals surface area contributed by atoms with Gasteiger partial charge in [-0.25, -0.2) is 0 Å². The lowest BCUT2D eigenvalue weighted by molar-refractivity contribution is -0.0440. The van der Waals surface area contributed by atoms with Crippen molar-refractivity contribution in [2.24, 2.45) is 23.7 Å². The largest absolute Gasteiger partial charge is 0.455 e. The van der Waals surface area contributed by atoms with E-state index in [0.717, 1.165) is 56.3 Å². The van der Waals surface area contributed by atoms with Crippen LogP contribution < -0.4 is 4.90 Å². The average Bonchev–Trinajstić information content (AvgIpc) is 3.78. The van der Waals surface area contributed by atoms with Crippen molar-refractivity contribution >= 4 is 39.0 Å². The molecule has 2 heteroatoms. The molecule has 15 rings (SSSR count). The molecule has 0 radical (unpaired) electrons. The second-order valence-corrected chi connectivity index (χ2v) is 20.0. The van der Waals surface area contributed by atoms with Gasteiger partial charge in [-0.05, 0) is 137 Å². The predicted molar refractivity (Wildman–Crippen MR) is 275 cm³/mol. The predicted octanol–water partition coefficient (Wildman–Crippen LogP) is 16.8. The number of para-hydroxylation sites is 3. The smallest absolute Gasteiger partial charge is 0.143 e. The molecular formula is C65H51NO. The topological polar surface area (TPSA) is 16.4 Å². The van der Waals surface area contributed by atoms with Gasteiger partial charge < -0.3 is 9.32 Å². The maximum atomic E-state index is 6.66. The molecule has 9 aromatic carbocycles. The Kier molecular flexibility index (Phi) is 8.72. The molecule has 10 aromatic rings. The SMILES string of the molecule is c1ccc(-c2ccccc2N(c2cccc(-c3cccc4c3oc3ccccc34)c2)c2ccc3c(c2)C2(c4ccccc4C3(c3ccccc3)c3ccccc3)C3CC4CC(C3)CC2C4)cc1. The fraction of sp³-hybridized carbons (Fsp3) is 0.169. The van der Waals surface area contributed by atoms with E-state index in [1.165, 1.54) is 76.7 Å². The van der Waals surface area contributed by atoms with E-state index in [9.17, 15) is 0 Å². The minimum absolute atomic E-state index is 0.105. The Morgan fingerprint density at radius 3 is 1.69 bits per heavy atom. The van der Waals surface area contributed by atoms with E-state index in [1.807, 2.05) is 0 Å². The summed E-state index contributed by atoms with van der Waals surface area (Å²) in [5.41, 5.74) is 17.9. The van der Waals surface area contributed by atoms with Crippen LogP contribution in [0.3, 0.4) is 0 Å². The van der Waals surface area contributed by atoms with Crippen LogP contribution in [0.2, 0.25) is 0 Å². The number of rotatable bonds is 7. The lowest BCUT2D eigenvalue weighted by Gasteiger charge is -2.65. The van der Waals surface area contributed by atoms with Crippen LogP contribution in [-0.4, -0.2) is 0 Å². The van der Waals surface area contributed by atoms with Crippen LogP contribution in [0.15, 0.2) is 229 Å². The second-order valence-electron chi connectivity index (χ2n) is 20.0. The molecule has 1 aromatic heterocycles. The summed E-state index contributed by atoms with van der Waals surface area (Å²) < 4.78 is 6.66. The fourth-order valence-corrected chi connectivity index (χ4v) is 14.5. The summed E-state index contributed by atoms with van der Waals surface area (Å²) in [7, 11) is 0. The standard InChI is InChI=1S/C65H51NO/c1-4-18-45(19-5-1)53-26-10-14-32-61(53)66(51-25-16-20-46(41-51)54-28-17-29-56-55-27-11-15-33-62(55)67-63(54)56)52-34-35-59-60(42-52)65(49-37-43-36-44(39-49)40-50(65)38-43)58-31-13-12-30-57(58)64(59,47-21-6-2-7-22-47)48-23-8-3-9-24-48/h1-35,41-44,49-50H,36-40H2. The monoisotopic (exact) mass is 861 g/mol. The van der Waals surface area contributed by atoms with E-state index < -0.39 is 5.41 Å². The van der Waals surface area contributed by atoms with Crippen molar-refractivity contribution in [3.05, 3.63) is 258 Å². The summed E-state index contributed by atoms with van der Waals surface area (Å²) in [6.45, 7) is 0. The molecule has 2 nitrogen and oxygen atoms in total. The number of nitrogens with zero attached hydrogens (tertiary/aromatic N) is 1. The number of anilines is 3. The first-order valence-electron chi connectivity index (χ1n) is 24.5. The summed E-state index contributed by atoms with van der Waals surface area (Å²) in [5.74, 6) is 2.83. The zero-order chi connectivity index (χ0) is 44.1. The molecule has 0 atom stereocenters. The highest BCUT2D eigenvalue weighted by atomic mass is 16.3. The van der Waals surface area contributed by atoms with Crippen LogP contribution >= 0.6 is 0 Å². The van der Waals surface area contributed by atoms with Gasteiger partial charge in [0.1, 0.15) is 11.2 Å². The Morgan fingerprint density at radius 1 is 0.388 bits per heavy atom. The van der Waals surface area contributed by atoms with Gasteiger partial charge in [-0.3, -0.25) is 0 Å². The summed E-state index contributed by atoms with van der Waals surface area (Å²) in [6, 6.07) is 84.3. The van der Waals surface area contributed by atoms with E-state index >= 15 is 0 Å². The third-order valence-corrected chi connectivity index (χ3v) is 16.8. The Hall–Kier alpha value is -7.42. The molecule has 5 aliphatic carbocycles. The van der Waals surface area contributed by atoms with E-state index in [4.69, 9.17) is 4.42 Å². The fourth-order valence-electron chi connectivity index (χ4n) is 14.5. The van der Waals surface area contributed by atoms with Crippen LogP contribution in [0.25, 0.3) is 44.2 Å². The highest BCUT2D eigenvalue weighted by Crippen LogP contribution is 2.70. The summed E-state index contributed by atoms with van der Waals surface area (Å²) in [4.78, 5) is 2.56. The van der Waals surface area contributed by atoms with Gasteiger partial charge in [0, 0.05) is 38.7 Å². The molecule has 67 heavy (non-hydrogen) atoms. The van der Waals surface area contributed by atoms with E-state index in [0.29, 0.717) is 11.8 Å². The molecule has 1 spiro atoms. The van der Waals surface area contributed by atoms with Crippen LogP contribution in [-0.2, 0) is 10.8 Å². The molecule has 0 saturated heterocycles. The van der Waals surface area contributed by atoms with Gasteiger partial charge in [-0.2, -0.15) is 0 Å². The maximum absolute atomic E-state index is 6.66. The van der Waals surface area contributed by atoms with Crippen molar-refractivity contribution in [2.45, 2.75) is 42.9 Å². The number of hydrogen-bond donors (Lipinski definition) is 0. The number of fused-ring (bicyclic) bond motifs is 5. The quantitative estimate of drug-likeness (QED) is 0.159. The highest BCUT2D eigenvalue weighted by molar-refractivity contribution is 6.09. The van der Waals surface area contributed by atoms with Gasteiger partial charge in [-0.15, -0.1) is 0 Å². The summed E-state index contributed by atoms with van der Waals surface area (Å²) in [5, 5.41) is 2.28. The molecule has 4 saturated carbocycles. The molecule has 1 heterocycles. The first kappa shape index (κ1) is 38.8. The zero-order valence-corrected chi connectivity index (χ0v) is 37.6. The van der Waals surface area contributed by atoms with Gasteiger partial charge in [0.2, 0.25) is 0 Å². The van der Waals surface area contributed by atoms with E-state index in [1.54, 1.807) is 5.56 Å². The molecule has 0 N–H and O–H groups in total. The molecule has 5 aliphatic rings. The summed E-state index contributed by atoms with van der Waals surface area (Å²) >= 11 is 0. The molecular weight excluding hydrogens is 811 g/mol. The van der Waals surface area contributed by atoms with Crippen molar-refractivity contribution in [1.29, 1.82) is 0 Å². The Morgan fingerprint density at radius 2 is 0.940 bits per heavy atom. The van der Waals surface area contributed by atoms with Gasteiger partial charge in [-0.1, -0.05) is 188 Å². The molecule has 4 bridgehead atoms. The van der Waals surface area contributed by atoms with Crippen LogP contribution in [0, 0.1) is 23.7 Å². The Labute approximate surface area is 393 Å². The normalized spacial score (nSPS) is 21.9. The summed E-state index contributed by atoms with van der Waals surface area (Å²) in [6.07, 6.45) is 6.65. The van der Waals surface area contributed by atoms with Gasteiger partial charge in [0.05, 0.1) is 11.1 Å². The minimum atomic E-state index is -0.509. The lowest BCUT2D eigenvalue weighted by atomic mass is 9.38. The number of hydrogen-bond acceptors (Lipinski definition) is 2. The Balaban J connectivity index is 1.06. The van der Waals surface area contributed by atoms with Crippen molar-refractivity contribution in [1.82, 2.24) is 0 Å². The van der Waals surface area contributed by atoms with Crippen molar-refractivity contribution in [3.8, 4) is 22.3 Å². The van der Waals surface area contributed by atoms with Crippen LogP contribution in [0.1, 0.15) is 65.5 Å². The van der Waals surface area contributed by atoms with E-state index in [2.05, 4.69) is 229 Å². The van der Waals surface area contributed by atoms with Crippen LogP contribution in [0.4, 0.5) is 17.1 Å². The van der Waals surface area contributed by atoms with Crippen molar-refractivity contribution in [3.63, 3.8) is 0 Å². The zero-order valence-electron chi connectivity index (χ0n) is 37.6. The average molecular weight is 862 g/mol. The second kappa shape index (κ2) is 15.1. The Bertz CT molecular complexity index is 3430. The maximum Gasteiger partial charge on any atom is 0.143 e. The number of benzene rings is 9. The third kappa shape index (κ3) is 5.63. The van der Waals surface area contributed by atoms with Gasteiger partial charge >= 0.3 is 0 Å². The molecule has 322 valence electrons. The highest BCUT2D eigenvalue weighted by Gasteiger charge is 2.63. The van der Waals surface area contributed by atoms with Crippen LogP contribution in [0.5, 0.6) is 0 Å². The number of furan rings is 1. The van der Waals surface area contributed by atoms with E-state index in [-0.39, 0.29) is 5.41 Å². The van der Waals surface area contributed by atoms with Crippen molar-refractivity contribution in [2.75, 3.05) is 4.90 Å². The van der Waals surface area contributed by atoms with Gasteiger partial charge in [0.25, 0.3) is 0 Å². The molecule has 0 aliphatic heterocycles. The first-order valence-corrected chi connectivity index (χ1v) is 24.5. The molecule has 4 fully saturated rings. The third-order valence-electron chi connectivity index (χ3n) is 16.8. The lowest BCUT2D eigenvalue weighted by Crippen LogP contribution is -2.59. The molecule has 0 unspecified atom stereocenters. The molecule has 0 amide bonds.